The van der Waals surface area contributed by atoms with E-state index in [0.29, 0.717) is 0 Å². The number of rotatable bonds is 3. The van der Waals surface area contributed by atoms with Crippen LogP contribution in [0.25, 0.3) is 0 Å². The molecule has 0 fully saturated rings. The smallest absolute Gasteiger partial charge is 0.128 e. The summed E-state index contributed by atoms with van der Waals surface area (Å²) in [7, 11) is 0. The summed E-state index contributed by atoms with van der Waals surface area (Å²) in [6.45, 7) is 2.29. The maximum atomic E-state index is 8.73. The number of aliphatic hydroxyl groups is 1. The second kappa shape index (κ2) is 4.05. The van der Waals surface area contributed by atoms with Gasteiger partial charge in [-0.2, -0.15) is 0 Å². The molecule has 3 nitrogen and oxygen atoms in total. The number of aryl methyl sites for hydroxylation is 3. The van der Waals surface area contributed by atoms with Crippen LogP contribution < -0.4 is 0 Å². The van der Waals surface area contributed by atoms with Gasteiger partial charge >= 0.3 is 0 Å². The summed E-state index contributed by atoms with van der Waals surface area (Å²) in [5, 5.41) is 8.73. The highest BCUT2D eigenvalue weighted by atomic mass is 16.2. The molecular weight excluding hydrogens is 176 g/mol. The van der Waals surface area contributed by atoms with Crippen molar-refractivity contribution in [2.24, 2.45) is 0 Å². The fourth-order valence-corrected chi connectivity index (χ4v) is 2.03. The highest BCUT2D eigenvalue weighted by molar-refractivity contribution is 5.29. The fourth-order valence-electron chi connectivity index (χ4n) is 2.03. The van der Waals surface area contributed by atoms with Crippen molar-refractivity contribution in [3.63, 3.8) is 0 Å². The third kappa shape index (κ3) is 1.77. The van der Waals surface area contributed by atoms with E-state index in [2.05, 4.69) is 16.9 Å². The molecule has 1 aromatic rings. The Bertz CT molecular complexity index is 336. The largest absolute Gasteiger partial charge is 0.396 e. The molecule has 1 N–H and O–H groups in total. The zero-order valence-corrected chi connectivity index (χ0v) is 8.58. The Balaban J connectivity index is 2.23. The number of aliphatic hydroxyl groups excluding tert-OH is 1. The molecule has 0 saturated heterocycles. The molecule has 0 amide bonds. The van der Waals surface area contributed by atoms with E-state index < -0.39 is 0 Å². The average Bonchev–Trinajstić information content (AvgIpc) is 2.63. The number of aromatic nitrogens is 2. The SMILES string of the molecule is Cc1nc(CCCO)nc2c1CCC2. The molecule has 0 aliphatic heterocycles. The first-order chi connectivity index (χ1) is 6.81. The molecule has 0 aromatic carbocycles. The highest BCUT2D eigenvalue weighted by Crippen LogP contribution is 2.22. The standard InChI is InChI=1S/C11H16N2O/c1-8-9-4-2-5-10(9)13-11(12-8)6-3-7-14/h14H,2-7H2,1H3. The zero-order chi connectivity index (χ0) is 9.97. The Kier molecular flexibility index (Phi) is 2.77. The van der Waals surface area contributed by atoms with Crippen LogP contribution in [0, 0.1) is 6.92 Å². The van der Waals surface area contributed by atoms with Crippen molar-refractivity contribution >= 4 is 0 Å². The van der Waals surface area contributed by atoms with Crippen molar-refractivity contribution in [3.05, 3.63) is 22.8 Å². The van der Waals surface area contributed by atoms with Gasteiger partial charge < -0.3 is 5.11 Å². The van der Waals surface area contributed by atoms with Crippen molar-refractivity contribution in [1.82, 2.24) is 9.97 Å². The first-order valence-corrected chi connectivity index (χ1v) is 5.27. The van der Waals surface area contributed by atoms with E-state index in [1.54, 1.807) is 0 Å². The molecule has 1 heterocycles. The Hall–Kier alpha value is -0.960. The summed E-state index contributed by atoms with van der Waals surface area (Å²) < 4.78 is 0. The van der Waals surface area contributed by atoms with Gasteiger partial charge in [0.25, 0.3) is 0 Å². The lowest BCUT2D eigenvalue weighted by Gasteiger charge is -2.05. The number of nitrogens with zero attached hydrogens (tertiary/aromatic N) is 2. The molecule has 2 rings (SSSR count). The van der Waals surface area contributed by atoms with Crippen LogP contribution in [0.5, 0.6) is 0 Å². The summed E-state index contributed by atoms with van der Waals surface area (Å²) >= 11 is 0. The summed E-state index contributed by atoms with van der Waals surface area (Å²) in [6.07, 6.45) is 5.02. The molecule has 0 saturated carbocycles. The molecule has 1 aliphatic carbocycles. The van der Waals surface area contributed by atoms with Crippen molar-refractivity contribution in [2.75, 3.05) is 6.61 Å². The Morgan fingerprint density at radius 1 is 1.29 bits per heavy atom. The maximum absolute atomic E-state index is 8.73. The lowest BCUT2D eigenvalue weighted by molar-refractivity contribution is 0.287. The van der Waals surface area contributed by atoms with E-state index in [0.717, 1.165) is 37.2 Å². The molecular formula is C11H16N2O. The Labute approximate surface area is 84.2 Å². The van der Waals surface area contributed by atoms with E-state index in [4.69, 9.17) is 5.11 Å². The van der Waals surface area contributed by atoms with Crippen LogP contribution in [0.3, 0.4) is 0 Å². The molecule has 0 radical (unpaired) electrons. The molecule has 14 heavy (non-hydrogen) atoms. The monoisotopic (exact) mass is 192 g/mol. The quantitative estimate of drug-likeness (QED) is 0.782. The average molecular weight is 192 g/mol. The van der Waals surface area contributed by atoms with E-state index in [9.17, 15) is 0 Å². The van der Waals surface area contributed by atoms with Gasteiger partial charge in [0.2, 0.25) is 0 Å². The predicted molar refractivity (Wildman–Crippen MR) is 54.2 cm³/mol. The van der Waals surface area contributed by atoms with Crippen LogP contribution in [0.15, 0.2) is 0 Å². The summed E-state index contributed by atoms with van der Waals surface area (Å²) in [4.78, 5) is 8.99. The third-order valence-corrected chi connectivity index (χ3v) is 2.74. The van der Waals surface area contributed by atoms with Gasteiger partial charge in [-0.25, -0.2) is 9.97 Å². The van der Waals surface area contributed by atoms with E-state index in [1.165, 1.54) is 17.7 Å². The lowest BCUT2D eigenvalue weighted by atomic mass is 10.2. The van der Waals surface area contributed by atoms with Crippen molar-refractivity contribution in [3.8, 4) is 0 Å². The van der Waals surface area contributed by atoms with Crippen LogP contribution in [-0.4, -0.2) is 21.7 Å². The minimum atomic E-state index is 0.222. The van der Waals surface area contributed by atoms with E-state index >= 15 is 0 Å². The van der Waals surface area contributed by atoms with Gasteiger partial charge in [0.1, 0.15) is 5.82 Å². The van der Waals surface area contributed by atoms with Crippen LogP contribution in [0.4, 0.5) is 0 Å². The van der Waals surface area contributed by atoms with Crippen LogP contribution >= 0.6 is 0 Å². The molecule has 1 aliphatic rings. The molecule has 0 atom stereocenters. The highest BCUT2D eigenvalue weighted by Gasteiger charge is 2.16. The first-order valence-electron chi connectivity index (χ1n) is 5.27. The second-order valence-corrected chi connectivity index (χ2v) is 3.83. The maximum Gasteiger partial charge on any atom is 0.128 e. The molecule has 1 aromatic heterocycles. The van der Waals surface area contributed by atoms with Gasteiger partial charge in [-0.3, -0.25) is 0 Å². The molecule has 0 bridgehead atoms. The van der Waals surface area contributed by atoms with Gasteiger partial charge in [-0.05, 0) is 38.2 Å². The lowest BCUT2D eigenvalue weighted by Crippen LogP contribution is -2.04. The minimum Gasteiger partial charge on any atom is -0.396 e. The zero-order valence-electron chi connectivity index (χ0n) is 8.58. The van der Waals surface area contributed by atoms with E-state index in [1.807, 2.05) is 0 Å². The Morgan fingerprint density at radius 2 is 2.14 bits per heavy atom. The van der Waals surface area contributed by atoms with Gasteiger partial charge in [0.15, 0.2) is 0 Å². The normalized spacial score (nSPS) is 14.4. The summed E-state index contributed by atoms with van der Waals surface area (Å²) in [5.74, 6) is 0.900. The van der Waals surface area contributed by atoms with Crippen molar-refractivity contribution in [2.45, 2.75) is 39.0 Å². The topological polar surface area (TPSA) is 46.0 Å². The third-order valence-electron chi connectivity index (χ3n) is 2.74. The van der Waals surface area contributed by atoms with Gasteiger partial charge in [-0.15, -0.1) is 0 Å². The molecule has 0 unspecified atom stereocenters. The molecule has 3 heteroatoms. The van der Waals surface area contributed by atoms with Gasteiger partial charge in [-0.1, -0.05) is 0 Å². The predicted octanol–water partition coefficient (Wildman–Crippen LogP) is 1.20. The van der Waals surface area contributed by atoms with Crippen molar-refractivity contribution < 1.29 is 5.11 Å². The van der Waals surface area contributed by atoms with Crippen LogP contribution in [0.1, 0.15) is 35.6 Å². The van der Waals surface area contributed by atoms with Crippen LogP contribution in [-0.2, 0) is 19.3 Å². The van der Waals surface area contributed by atoms with Crippen LogP contribution in [0.2, 0.25) is 0 Å². The fraction of sp³-hybridized carbons (Fsp3) is 0.636. The minimum absolute atomic E-state index is 0.222. The number of hydrogen-bond donors (Lipinski definition) is 1. The second-order valence-electron chi connectivity index (χ2n) is 3.83. The summed E-state index contributed by atoms with van der Waals surface area (Å²) in [5.41, 5.74) is 3.74. The molecule has 76 valence electrons. The van der Waals surface area contributed by atoms with Gasteiger partial charge in [0, 0.05) is 24.4 Å². The first kappa shape index (κ1) is 9.59. The van der Waals surface area contributed by atoms with Crippen molar-refractivity contribution in [1.29, 1.82) is 0 Å². The van der Waals surface area contributed by atoms with Gasteiger partial charge in [0.05, 0.1) is 0 Å². The summed E-state index contributed by atoms with van der Waals surface area (Å²) in [6, 6.07) is 0. The Morgan fingerprint density at radius 3 is 2.93 bits per heavy atom. The number of hydrogen-bond acceptors (Lipinski definition) is 3. The van der Waals surface area contributed by atoms with E-state index in [-0.39, 0.29) is 6.61 Å². The number of fused-ring (bicyclic) bond motifs is 1. The molecule has 0 spiro atoms.